The monoisotopic (exact) mass is 533 g/mol. The summed E-state index contributed by atoms with van der Waals surface area (Å²) in [5.74, 6) is 1.82. The number of nitrogens with one attached hydrogen (secondary N) is 3. The zero-order valence-electron chi connectivity index (χ0n) is 22.4. The van der Waals surface area contributed by atoms with Gasteiger partial charge in [0.15, 0.2) is 5.82 Å². The molecule has 40 heavy (non-hydrogen) atoms. The largest absolute Gasteiger partial charge is 0.382 e. The van der Waals surface area contributed by atoms with E-state index >= 15 is 0 Å². The van der Waals surface area contributed by atoms with Crippen LogP contribution in [0.1, 0.15) is 43.1 Å². The van der Waals surface area contributed by atoms with E-state index in [1.165, 1.54) is 0 Å². The first-order valence-corrected chi connectivity index (χ1v) is 14.0. The summed E-state index contributed by atoms with van der Waals surface area (Å²) in [5.41, 5.74) is 17.9. The summed E-state index contributed by atoms with van der Waals surface area (Å²) in [6.07, 6.45) is 6.27. The highest BCUT2D eigenvalue weighted by Crippen LogP contribution is 2.31. The van der Waals surface area contributed by atoms with Gasteiger partial charge in [0.2, 0.25) is 5.91 Å². The molecule has 1 aliphatic carbocycles. The Hall–Kier alpha value is -4.43. The predicted octanol–water partition coefficient (Wildman–Crippen LogP) is 5.37. The van der Waals surface area contributed by atoms with Crippen molar-refractivity contribution in [2.45, 2.75) is 38.1 Å². The molecule has 1 fully saturated rings. The van der Waals surface area contributed by atoms with Gasteiger partial charge in [-0.25, -0.2) is 4.98 Å². The van der Waals surface area contributed by atoms with Crippen molar-refractivity contribution in [3.63, 3.8) is 0 Å². The quantitative estimate of drug-likeness (QED) is 0.183. The van der Waals surface area contributed by atoms with Crippen molar-refractivity contribution >= 4 is 22.6 Å². The van der Waals surface area contributed by atoms with Crippen molar-refractivity contribution < 1.29 is 4.79 Å². The van der Waals surface area contributed by atoms with Gasteiger partial charge in [0, 0.05) is 23.1 Å². The smallest absolute Gasteiger partial charge is 0.223 e. The van der Waals surface area contributed by atoms with Gasteiger partial charge >= 0.3 is 0 Å². The van der Waals surface area contributed by atoms with Crippen molar-refractivity contribution in [3.05, 3.63) is 90.4 Å². The lowest BCUT2D eigenvalue weighted by Gasteiger charge is -2.28. The third kappa shape index (κ3) is 5.49. The van der Waals surface area contributed by atoms with Gasteiger partial charge in [-0.15, -0.1) is 0 Å². The van der Waals surface area contributed by atoms with Crippen molar-refractivity contribution in [1.82, 2.24) is 25.5 Å². The number of rotatable bonds is 8. The van der Waals surface area contributed by atoms with Crippen LogP contribution in [0, 0.1) is 11.8 Å². The fraction of sp³-hybridized carbons (Fsp3) is 0.281. The fourth-order valence-electron chi connectivity index (χ4n) is 5.77. The van der Waals surface area contributed by atoms with Gasteiger partial charge in [-0.3, -0.25) is 9.89 Å². The molecule has 1 saturated carbocycles. The summed E-state index contributed by atoms with van der Waals surface area (Å²) in [5, 5.41) is 11.3. The number of nitrogens with two attached hydrogens (primary N) is 2. The van der Waals surface area contributed by atoms with Gasteiger partial charge in [-0.05, 0) is 73.4 Å². The number of imidazole rings is 1. The Balaban J connectivity index is 1.27. The van der Waals surface area contributed by atoms with Gasteiger partial charge in [0.1, 0.15) is 5.82 Å². The van der Waals surface area contributed by atoms with E-state index in [1.54, 1.807) is 0 Å². The van der Waals surface area contributed by atoms with Gasteiger partial charge in [0.05, 0.1) is 17.3 Å². The first-order valence-electron chi connectivity index (χ1n) is 14.0. The standard InChI is InChI=1S/C32H35N7O/c33-18-20-9-11-23(12-10-20)32(40)37-28(16-21-5-4-8-24(15-21)22-6-2-1-3-7-22)31-35-19-29(36-31)25-13-14-26-27(17-25)38-39-30(26)34/h1-8,13-15,17,19-20,23,28H,9-12,16,18,33H2,(H,35,36)(H,37,40)(H3,34,38,39)/t20-,23-,28-/m0/s1. The third-order valence-corrected chi connectivity index (χ3v) is 8.16. The summed E-state index contributed by atoms with van der Waals surface area (Å²) in [4.78, 5) is 21.8. The lowest BCUT2D eigenvalue weighted by Crippen LogP contribution is -2.37. The van der Waals surface area contributed by atoms with Crippen molar-refractivity contribution in [3.8, 4) is 22.4 Å². The van der Waals surface area contributed by atoms with Crippen LogP contribution in [0.4, 0.5) is 5.82 Å². The second-order valence-corrected chi connectivity index (χ2v) is 10.8. The van der Waals surface area contributed by atoms with Crippen molar-refractivity contribution in [2.75, 3.05) is 12.3 Å². The molecule has 2 heterocycles. The molecule has 0 bridgehead atoms. The molecule has 204 valence electrons. The summed E-state index contributed by atoms with van der Waals surface area (Å²) in [7, 11) is 0. The molecule has 1 aliphatic rings. The number of hydrogen-bond donors (Lipinski definition) is 5. The molecule has 1 atom stereocenters. The first-order chi connectivity index (χ1) is 19.6. The van der Waals surface area contributed by atoms with Gasteiger partial charge in [-0.2, -0.15) is 5.10 Å². The molecule has 8 nitrogen and oxygen atoms in total. The van der Waals surface area contributed by atoms with Crippen LogP contribution >= 0.6 is 0 Å². The number of H-pyrrole nitrogens is 2. The summed E-state index contributed by atoms with van der Waals surface area (Å²) < 4.78 is 0. The molecule has 6 rings (SSSR count). The number of benzene rings is 3. The lowest BCUT2D eigenvalue weighted by atomic mass is 9.81. The lowest BCUT2D eigenvalue weighted by molar-refractivity contribution is -0.127. The topological polar surface area (TPSA) is 138 Å². The van der Waals surface area contributed by atoms with Crippen LogP contribution in [0.2, 0.25) is 0 Å². The molecular weight excluding hydrogens is 498 g/mol. The Morgan fingerprint density at radius 2 is 1.75 bits per heavy atom. The molecule has 0 saturated heterocycles. The molecule has 0 radical (unpaired) electrons. The Morgan fingerprint density at radius 1 is 0.950 bits per heavy atom. The van der Waals surface area contributed by atoms with Crippen LogP contribution < -0.4 is 16.8 Å². The van der Waals surface area contributed by atoms with E-state index in [2.05, 4.69) is 56.9 Å². The molecule has 0 spiro atoms. The van der Waals surface area contributed by atoms with E-state index in [9.17, 15) is 4.79 Å². The average molecular weight is 534 g/mol. The zero-order valence-corrected chi connectivity index (χ0v) is 22.4. The number of nitrogen functional groups attached to an aromatic ring is 1. The van der Waals surface area contributed by atoms with Gasteiger partial charge in [0.25, 0.3) is 0 Å². The maximum atomic E-state index is 13.5. The number of fused-ring (bicyclic) bond motifs is 1. The Bertz CT molecular complexity index is 1600. The van der Waals surface area contributed by atoms with Crippen molar-refractivity contribution in [2.24, 2.45) is 17.6 Å². The molecule has 5 aromatic rings. The minimum atomic E-state index is -0.300. The van der Waals surface area contributed by atoms with Crippen LogP contribution in [0.25, 0.3) is 33.3 Å². The number of aromatic amines is 2. The maximum absolute atomic E-state index is 13.5. The highest BCUT2D eigenvalue weighted by Gasteiger charge is 2.28. The zero-order chi connectivity index (χ0) is 27.5. The van der Waals surface area contributed by atoms with Gasteiger partial charge in [-0.1, -0.05) is 60.7 Å². The number of hydrogen-bond acceptors (Lipinski definition) is 5. The fourth-order valence-corrected chi connectivity index (χ4v) is 5.77. The molecule has 3 aromatic carbocycles. The van der Waals surface area contributed by atoms with E-state index < -0.39 is 0 Å². The highest BCUT2D eigenvalue weighted by atomic mass is 16.2. The predicted molar refractivity (Wildman–Crippen MR) is 159 cm³/mol. The van der Waals surface area contributed by atoms with E-state index in [1.807, 2.05) is 42.6 Å². The average Bonchev–Trinajstić information content (AvgIpc) is 3.64. The summed E-state index contributed by atoms with van der Waals surface area (Å²) >= 11 is 0. The van der Waals surface area contributed by atoms with Crippen LogP contribution in [0.3, 0.4) is 0 Å². The number of amides is 1. The Kier molecular flexibility index (Phi) is 7.33. The van der Waals surface area contributed by atoms with E-state index in [0.717, 1.165) is 70.4 Å². The minimum absolute atomic E-state index is 0.00336. The number of carbonyl (C=O) groups excluding carboxylic acids is 1. The van der Waals surface area contributed by atoms with Crippen LogP contribution in [-0.2, 0) is 11.2 Å². The molecule has 1 amide bonds. The SMILES string of the molecule is NC[C@H]1CC[C@H](C(=O)N[C@@H](Cc2cccc(-c3ccccc3)c2)c2nc(-c3ccc4c(N)n[nH]c4c3)c[nH]2)CC1. The molecule has 0 aliphatic heterocycles. The second kappa shape index (κ2) is 11.4. The molecule has 2 aromatic heterocycles. The second-order valence-electron chi connectivity index (χ2n) is 10.8. The number of carbonyl (C=O) groups is 1. The van der Waals surface area contributed by atoms with Crippen LogP contribution in [0.15, 0.2) is 79.0 Å². The van der Waals surface area contributed by atoms with Gasteiger partial charge < -0.3 is 21.8 Å². The number of anilines is 1. The normalized spacial score (nSPS) is 18.0. The Morgan fingerprint density at radius 3 is 2.55 bits per heavy atom. The number of nitrogens with zero attached hydrogens (tertiary/aromatic N) is 2. The summed E-state index contributed by atoms with van der Waals surface area (Å²) in [6.45, 7) is 0.695. The van der Waals surface area contributed by atoms with Crippen molar-refractivity contribution in [1.29, 1.82) is 0 Å². The van der Waals surface area contributed by atoms with E-state index in [4.69, 9.17) is 16.5 Å². The summed E-state index contributed by atoms with van der Waals surface area (Å²) in [6, 6.07) is 24.5. The number of aromatic nitrogens is 4. The van der Waals surface area contributed by atoms with E-state index in [-0.39, 0.29) is 17.9 Å². The molecule has 0 unspecified atom stereocenters. The van der Waals surface area contributed by atoms with Crippen LogP contribution in [0.5, 0.6) is 0 Å². The minimum Gasteiger partial charge on any atom is -0.382 e. The van der Waals surface area contributed by atoms with E-state index in [0.29, 0.717) is 24.7 Å². The van der Waals surface area contributed by atoms with Crippen LogP contribution in [-0.4, -0.2) is 32.6 Å². The molecule has 7 N–H and O–H groups in total. The first kappa shape index (κ1) is 25.8. The maximum Gasteiger partial charge on any atom is 0.223 e. The third-order valence-electron chi connectivity index (χ3n) is 8.16. The molecule has 8 heteroatoms. The Labute approximate surface area is 233 Å². The molecular formula is C32H35N7O. The highest BCUT2D eigenvalue weighted by molar-refractivity contribution is 5.91.